The van der Waals surface area contributed by atoms with Gasteiger partial charge in [0.2, 0.25) is 0 Å². The molecule has 0 aliphatic carbocycles. The molecule has 1 unspecified atom stereocenters. The highest BCUT2D eigenvalue weighted by Crippen LogP contribution is 2.32. The fourth-order valence-corrected chi connectivity index (χ4v) is 4.73. The van der Waals surface area contributed by atoms with Crippen LogP contribution in [0.5, 0.6) is 5.75 Å². The lowest BCUT2D eigenvalue weighted by atomic mass is 9.89. The predicted octanol–water partition coefficient (Wildman–Crippen LogP) is 4.17. The van der Waals surface area contributed by atoms with Crippen LogP contribution in [0.4, 0.5) is 0 Å². The maximum Gasteiger partial charge on any atom is 0.123 e. The Hall–Kier alpha value is -1.63. The molecule has 1 heterocycles. The highest BCUT2D eigenvalue weighted by Gasteiger charge is 2.32. The quantitative estimate of drug-likeness (QED) is 0.452. The van der Waals surface area contributed by atoms with E-state index in [4.69, 9.17) is 21.4 Å². The van der Waals surface area contributed by atoms with Gasteiger partial charge in [-0.3, -0.25) is 4.90 Å². The fourth-order valence-electron chi connectivity index (χ4n) is 4.54. The van der Waals surface area contributed by atoms with Gasteiger partial charge < -0.3 is 20.3 Å². The van der Waals surface area contributed by atoms with Crippen molar-refractivity contribution in [1.82, 2.24) is 10.2 Å². The van der Waals surface area contributed by atoms with Gasteiger partial charge in [0, 0.05) is 23.2 Å². The SMILES string of the molecule is COc1ccc(Cl)cc1CN[C@H]1CCCN(CCCCC(O)CO)[C@H]1c1ccccc1. The van der Waals surface area contributed by atoms with Crippen LogP contribution in [0.3, 0.4) is 0 Å². The van der Waals surface area contributed by atoms with Crippen molar-refractivity contribution >= 4 is 11.6 Å². The largest absolute Gasteiger partial charge is 0.496 e. The third-order valence-corrected chi connectivity index (χ3v) is 6.35. The number of methoxy groups -OCH3 is 1. The van der Waals surface area contributed by atoms with E-state index in [9.17, 15) is 5.11 Å². The van der Waals surface area contributed by atoms with Crippen molar-refractivity contribution in [1.29, 1.82) is 0 Å². The smallest absolute Gasteiger partial charge is 0.123 e. The Morgan fingerprint density at radius 2 is 2.00 bits per heavy atom. The van der Waals surface area contributed by atoms with Crippen LogP contribution in [0, 0.1) is 0 Å². The van der Waals surface area contributed by atoms with Crippen molar-refractivity contribution in [2.24, 2.45) is 0 Å². The van der Waals surface area contributed by atoms with Gasteiger partial charge in [-0.05, 0) is 69.0 Å². The standard InChI is InChI=1S/C25H35ClN2O3/c1-31-24-13-12-21(26)16-20(24)17-27-23-11-7-15-28(14-6-5-10-22(30)18-29)25(23)19-8-3-2-4-9-19/h2-4,8-9,12-13,16,22-23,25,27,29-30H,5-7,10-11,14-15,17-18H2,1H3/t22?,23-,25-/m0/s1. The average Bonchev–Trinajstić information content (AvgIpc) is 2.81. The molecule has 2 aromatic carbocycles. The minimum atomic E-state index is -0.603. The zero-order chi connectivity index (χ0) is 22.1. The molecule has 0 radical (unpaired) electrons. The van der Waals surface area contributed by atoms with Crippen molar-refractivity contribution in [3.05, 3.63) is 64.7 Å². The number of rotatable bonds is 11. The summed E-state index contributed by atoms with van der Waals surface area (Å²) in [5, 5.41) is 23.1. The molecule has 0 saturated carbocycles. The number of aliphatic hydroxyl groups is 2. The van der Waals surface area contributed by atoms with Crippen LogP contribution in [0.1, 0.15) is 49.3 Å². The van der Waals surface area contributed by atoms with Crippen molar-refractivity contribution < 1.29 is 14.9 Å². The minimum absolute atomic E-state index is 0.157. The second-order valence-corrected chi connectivity index (χ2v) is 8.75. The molecule has 6 heteroatoms. The van der Waals surface area contributed by atoms with Gasteiger partial charge in [0.25, 0.3) is 0 Å². The van der Waals surface area contributed by atoms with Crippen LogP contribution in [0.25, 0.3) is 0 Å². The fraction of sp³-hybridized carbons (Fsp3) is 0.520. The second-order valence-electron chi connectivity index (χ2n) is 8.31. The van der Waals surface area contributed by atoms with Gasteiger partial charge in [-0.15, -0.1) is 0 Å². The number of benzene rings is 2. The molecular weight excluding hydrogens is 412 g/mol. The first-order valence-electron chi connectivity index (χ1n) is 11.3. The first-order chi connectivity index (χ1) is 15.1. The van der Waals surface area contributed by atoms with E-state index in [0.29, 0.717) is 30.1 Å². The average molecular weight is 447 g/mol. The molecule has 1 fully saturated rings. The molecule has 3 atom stereocenters. The number of ether oxygens (including phenoxy) is 1. The topological polar surface area (TPSA) is 65.0 Å². The van der Waals surface area contributed by atoms with Crippen molar-refractivity contribution in [2.45, 2.75) is 56.8 Å². The summed E-state index contributed by atoms with van der Waals surface area (Å²) >= 11 is 6.22. The molecule has 0 amide bonds. The Morgan fingerprint density at radius 3 is 2.74 bits per heavy atom. The summed E-state index contributed by atoms with van der Waals surface area (Å²) in [5.41, 5.74) is 2.39. The normalized spacial score (nSPS) is 20.5. The minimum Gasteiger partial charge on any atom is -0.496 e. The number of halogens is 1. The van der Waals surface area contributed by atoms with Gasteiger partial charge in [-0.2, -0.15) is 0 Å². The van der Waals surface area contributed by atoms with Crippen molar-refractivity contribution in [3.63, 3.8) is 0 Å². The summed E-state index contributed by atoms with van der Waals surface area (Å²) < 4.78 is 5.52. The van der Waals surface area contributed by atoms with Gasteiger partial charge in [0.1, 0.15) is 5.75 Å². The number of hydrogen-bond acceptors (Lipinski definition) is 5. The number of aliphatic hydroxyl groups excluding tert-OH is 2. The van der Waals surface area contributed by atoms with Gasteiger partial charge in [-0.1, -0.05) is 41.9 Å². The first-order valence-corrected chi connectivity index (χ1v) is 11.6. The number of unbranched alkanes of at least 4 members (excludes halogenated alkanes) is 1. The molecule has 1 aliphatic heterocycles. The number of piperidine rings is 1. The number of likely N-dealkylation sites (tertiary alicyclic amines) is 1. The molecular formula is C25H35ClN2O3. The summed E-state index contributed by atoms with van der Waals surface area (Å²) in [5.74, 6) is 0.850. The maximum absolute atomic E-state index is 9.61. The second kappa shape index (κ2) is 12.4. The first kappa shape index (κ1) is 24.0. The molecule has 1 saturated heterocycles. The van der Waals surface area contributed by atoms with E-state index in [2.05, 4.69) is 40.5 Å². The van der Waals surface area contributed by atoms with Crippen molar-refractivity contribution in [2.75, 3.05) is 26.8 Å². The highest BCUT2D eigenvalue weighted by atomic mass is 35.5. The monoisotopic (exact) mass is 446 g/mol. The number of nitrogens with one attached hydrogen (secondary N) is 1. The summed E-state index contributed by atoms with van der Waals surface area (Å²) in [6.07, 6.45) is 4.23. The maximum atomic E-state index is 9.61. The van der Waals surface area contributed by atoms with Gasteiger partial charge in [0.05, 0.1) is 25.9 Å². The van der Waals surface area contributed by atoms with E-state index >= 15 is 0 Å². The van der Waals surface area contributed by atoms with Crippen LogP contribution < -0.4 is 10.1 Å². The summed E-state index contributed by atoms with van der Waals surface area (Å²) in [6.45, 7) is 2.60. The lowest BCUT2D eigenvalue weighted by Gasteiger charge is -2.42. The molecule has 1 aliphatic rings. The molecule has 0 spiro atoms. The van der Waals surface area contributed by atoms with Gasteiger partial charge in [0.15, 0.2) is 0 Å². The molecule has 3 N–H and O–H groups in total. The van der Waals surface area contributed by atoms with Gasteiger partial charge in [-0.25, -0.2) is 0 Å². The van der Waals surface area contributed by atoms with Crippen LogP contribution in [-0.4, -0.2) is 54.1 Å². The van der Waals surface area contributed by atoms with E-state index in [0.717, 1.165) is 50.1 Å². The number of nitrogens with zero attached hydrogens (tertiary/aromatic N) is 1. The molecule has 31 heavy (non-hydrogen) atoms. The molecule has 2 aromatic rings. The van der Waals surface area contributed by atoms with E-state index in [1.807, 2.05) is 18.2 Å². The summed E-state index contributed by atoms with van der Waals surface area (Å²) in [4.78, 5) is 2.57. The summed E-state index contributed by atoms with van der Waals surface area (Å²) in [6, 6.07) is 17.1. The van der Waals surface area contributed by atoms with E-state index in [1.165, 1.54) is 5.56 Å². The highest BCUT2D eigenvalue weighted by molar-refractivity contribution is 6.30. The predicted molar refractivity (Wildman–Crippen MR) is 126 cm³/mol. The Morgan fingerprint density at radius 1 is 1.19 bits per heavy atom. The van der Waals surface area contributed by atoms with Crippen LogP contribution >= 0.6 is 11.6 Å². The Labute approximate surface area is 191 Å². The molecule has 5 nitrogen and oxygen atoms in total. The Kier molecular flexibility index (Phi) is 9.62. The Balaban J connectivity index is 1.70. The lowest BCUT2D eigenvalue weighted by Crippen LogP contribution is -2.48. The number of hydrogen-bond donors (Lipinski definition) is 3. The molecule has 3 rings (SSSR count). The van der Waals surface area contributed by atoms with E-state index in [1.54, 1.807) is 7.11 Å². The van der Waals surface area contributed by atoms with E-state index in [-0.39, 0.29) is 6.61 Å². The van der Waals surface area contributed by atoms with Crippen LogP contribution in [-0.2, 0) is 6.54 Å². The van der Waals surface area contributed by atoms with Crippen LogP contribution in [0.2, 0.25) is 5.02 Å². The third-order valence-electron chi connectivity index (χ3n) is 6.12. The third kappa shape index (κ3) is 6.93. The van der Waals surface area contributed by atoms with Crippen molar-refractivity contribution in [3.8, 4) is 5.75 Å². The van der Waals surface area contributed by atoms with Crippen LogP contribution in [0.15, 0.2) is 48.5 Å². The Bertz CT molecular complexity index is 790. The molecule has 0 aromatic heterocycles. The lowest BCUT2D eigenvalue weighted by molar-refractivity contribution is 0.0804. The zero-order valence-corrected chi connectivity index (χ0v) is 19.1. The zero-order valence-electron chi connectivity index (χ0n) is 18.3. The summed E-state index contributed by atoms with van der Waals surface area (Å²) in [7, 11) is 1.69. The molecule has 0 bridgehead atoms. The molecule has 170 valence electrons. The van der Waals surface area contributed by atoms with Gasteiger partial charge >= 0.3 is 0 Å². The van der Waals surface area contributed by atoms with E-state index < -0.39 is 6.10 Å².